The third-order valence-corrected chi connectivity index (χ3v) is 31.3. The van der Waals surface area contributed by atoms with Crippen LogP contribution >= 0.6 is 45.3 Å². The van der Waals surface area contributed by atoms with E-state index in [1.807, 2.05) is 93.9 Å². The Morgan fingerprint density at radius 1 is 0.214 bits per heavy atom. The summed E-state index contributed by atoms with van der Waals surface area (Å²) in [4.78, 5) is 20.5. The normalized spacial score (nSPS) is 11.7. The molecule has 16 aromatic carbocycles. The Balaban J connectivity index is 0.000000128. The Morgan fingerprint density at radius 2 is 0.507 bits per heavy atom. The summed E-state index contributed by atoms with van der Waals surface area (Å²) in [5.41, 5.74) is 28.8. The second kappa shape index (κ2) is 42.2. The summed E-state index contributed by atoms with van der Waals surface area (Å²) >= 11 is 7.64. The summed E-state index contributed by atoms with van der Waals surface area (Å²) in [5.74, 6) is 6.85. The quantitative estimate of drug-likeness (QED) is 0.0904. The summed E-state index contributed by atoms with van der Waals surface area (Å²) in [5, 5.41) is 10.9. The van der Waals surface area contributed by atoms with Gasteiger partial charge < -0.3 is 18.3 Å². The number of imidazole rings is 4. The van der Waals surface area contributed by atoms with Crippen LogP contribution in [0.4, 0.5) is 0 Å². The Kier molecular flexibility index (Phi) is 30.3. The van der Waals surface area contributed by atoms with E-state index in [4.69, 9.17) is 19.9 Å². The van der Waals surface area contributed by atoms with Gasteiger partial charge in [-0.15, -0.1) is 189 Å². The van der Waals surface area contributed by atoms with E-state index in [1.165, 1.54) is 148 Å². The van der Waals surface area contributed by atoms with E-state index in [1.54, 1.807) is 0 Å². The van der Waals surface area contributed by atoms with Crippen LogP contribution in [0.25, 0.3) is 193 Å². The minimum atomic E-state index is 0. The number of para-hydroxylation sites is 8. The largest absolute Gasteiger partial charge is 0.333 e. The van der Waals surface area contributed by atoms with Crippen LogP contribution in [0.5, 0.6) is 0 Å². The van der Waals surface area contributed by atoms with Crippen LogP contribution in [-0.2, 0) is 80.4 Å². The maximum Gasteiger partial charge on any atom is 0.0774 e. The van der Waals surface area contributed by atoms with Crippen molar-refractivity contribution in [1.29, 1.82) is 0 Å². The van der Waals surface area contributed by atoms with E-state index in [-0.39, 0.29) is 80.4 Å². The summed E-state index contributed by atoms with van der Waals surface area (Å²) in [6, 6.07) is 125. The molecule has 8 aromatic heterocycles. The van der Waals surface area contributed by atoms with E-state index in [0.717, 1.165) is 89.7 Å². The predicted octanol–water partition coefficient (Wildman–Crippen LogP) is 36.4. The van der Waals surface area contributed by atoms with Gasteiger partial charge >= 0.3 is 0 Å². The SMILES string of the molecule is CC(C)c1cc(C(C)C)c2c(sc3ccccc32)c1-n1c(-c2[c-]cccc2)nc2ccccc21.CC(C)c1cc(C(C)C)c2sc3ccccc3c2c1-n1c(-c2[c-]cccc2)nc2ccccc21.CC(C)c1cc2c(sc3ccccc32)c(C(C)C)c1-n1c(-c2[c-]cccc2)nc2ccccc21.CC(C)c1cc2sc3ccccc3c2c(C(C)C)c1-n1c(-c2[c-]cccc2)nc2ccccc21.[Ir].[Ir].[Ir].[Ir]. The Hall–Kier alpha value is -11.1. The molecule has 0 aliphatic heterocycles. The number of fused-ring (bicyclic) bond motifs is 16. The predicted molar refractivity (Wildman–Crippen MR) is 586 cm³/mol. The number of benzene rings is 16. The summed E-state index contributed by atoms with van der Waals surface area (Å²) in [6.07, 6.45) is 0. The molecule has 0 saturated carbocycles. The molecule has 0 unspecified atom stereocenters. The van der Waals surface area contributed by atoms with Gasteiger partial charge in [-0.2, -0.15) is 0 Å². The van der Waals surface area contributed by atoms with Crippen molar-refractivity contribution in [2.24, 2.45) is 0 Å². The average molecular weight is 2610 g/mol. The summed E-state index contributed by atoms with van der Waals surface area (Å²) < 4.78 is 20.4. The van der Waals surface area contributed by atoms with Gasteiger partial charge in [-0.1, -0.05) is 244 Å². The minimum Gasteiger partial charge on any atom is -0.333 e. The molecule has 0 fully saturated rings. The molecule has 8 heterocycles. The first-order chi connectivity index (χ1) is 66.2. The average Bonchev–Trinajstić information content (AvgIpc) is 1.57. The molecule has 140 heavy (non-hydrogen) atoms. The van der Waals surface area contributed by atoms with Gasteiger partial charge in [0.15, 0.2) is 0 Å². The van der Waals surface area contributed by atoms with E-state index >= 15 is 0 Å². The molecule has 0 bridgehead atoms. The Morgan fingerprint density at radius 3 is 0.900 bits per heavy atom. The fraction of sp³-hybridized carbons (Fsp3) is 0.194. The number of thiophene rings is 4. The first-order valence-electron chi connectivity index (χ1n) is 47.9. The standard InChI is InChI=1S/4C31H27N2S.4Ir/c1-19(2)23-18-24-22-14-8-11-17-27(22)34-30(24)28(20(3)4)29(23)33-26-16-10-9-15-25(26)32-31(33)21-12-6-5-7-13-21;1-19(2)23-18-24(20(3)4)30-28(22-14-8-11-17-27(22)34-30)29(23)33-26-16-10-9-15-25(26)32-31(33)21-12-6-5-7-13-21;1-19(2)23-18-24(20(3)4)29(30-28(23)22-14-8-11-17-27(22)34-30)33-26-16-10-9-15-25(26)32-31(33)21-12-6-5-7-13-21;1-19(2)23-18-27-29(22-14-8-11-17-26(22)34-27)28(20(3)4)30(23)33-25-16-10-9-15-24(25)32-31(33)21-12-6-5-7-13-21;;;;/h4*5-12,14-20H,1-4H3;;;;/q4*-1;;;;. The molecular weight excluding hydrogens is 2500 g/mol. The van der Waals surface area contributed by atoms with Crippen molar-refractivity contribution in [1.82, 2.24) is 38.2 Å². The maximum atomic E-state index is 5.12. The molecule has 0 N–H and O–H groups in total. The van der Waals surface area contributed by atoms with Crippen LogP contribution in [0.2, 0.25) is 0 Å². The minimum absolute atomic E-state index is 0. The summed E-state index contributed by atoms with van der Waals surface area (Å²) in [6.45, 7) is 36.9. The van der Waals surface area contributed by atoms with Gasteiger partial charge in [0.1, 0.15) is 0 Å². The van der Waals surface area contributed by atoms with E-state index in [9.17, 15) is 0 Å². The molecule has 24 aromatic rings. The molecule has 0 aliphatic rings. The third-order valence-electron chi connectivity index (χ3n) is 26.6. The van der Waals surface area contributed by atoms with E-state index in [0.29, 0.717) is 47.3 Å². The van der Waals surface area contributed by atoms with Gasteiger partial charge in [-0.3, -0.25) is 19.9 Å². The second-order valence-electron chi connectivity index (χ2n) is 38.2. The number of rotatable bonds is 16. The zero-order valence-electron chi connectivity index (χ0n) is 81.2. The van der Waals surface area contributed by atoms with Gasteiger partial charge in [0.2, 0.25) is 0 Å². The monoisotopic (exact) mass is 2610 g/mol. The van der Waals surface area contributed by atoms with Crippen molar-refractivity contribution in [2.45, 2.75) is 158 Å². The number of hydrogen-bond acceptors (Lipinski definition) is 8. The molecule has 8 nitrogen and oxygen atoms in total. The van der Waals surface area contributed by atoms with Gasteiger partial charge in [0.25, 0.3) is 0 Å². The molecule has 0 atom stereocenters. The van der Waals surface area contributed by atoms with Crippen molar-refractivity contribution in [3.05, 3.63) is 384 Å². The summed E-state index contributed by atoms with van der Waals surface area (Å²) in [7, 11) is 0. The van der Waals surface area contributed by atoms with Crippen molar-refractivity contribution in [3.63, 3.8) is 0 Å². The molecule has 4 radical (unpaired) electrons. The van der Waals surface area contributed by atoms with Crippen LogP contribution in [0.3, 0.4) is 0 Å². The fourth-order valence-electron chi connectivity index (χ4n) is 20.3. The zero-order valence-corrected chi connectivity index (χ0v) is 94.0. The Bertz CT molecular complexity index is 8610. The van der Waals surface area contributed by atoms with Crippen LogP contribution in [0.15, 0.2) is 315 Å². The molecule has 0 spiro atoms. The molecule has 0 amide bonds. The number of hydrogen-bond donors (Lipinski definition) is 0. The Labute approximate surface area is 890 Å². The molecule has 0 aliphatic carbocycles. The van der Waals surface area contributed by atoms with Crippen LogP contribution in [0, 0.1) is 24.3 Å². The van der Waals surface area contributed by atoms with Crippen LogP contribution in [-0.4, -0.2) is 38.2 Å². The van der Waals surface area contributed by atoms with Gasteiger partial charge in [-0.05, 0) is 177 Å². The molecule has 0 saturated heterocycles. The van der Waals surface area contributed by atoms with Crippen molar-refractivity contribution in [3.8, 4) is 68.3 Å². The van der Waals surface area contributed by atoms with Crippen molar-refractivity contribution < 1.29 is 80.4 Å². The second-order valence-corrected chi connectivity index (χ2v) is 42.4. The topological polar surface area (TPSA) is 71.3 Å². The van der Waals surface area contributed by atoms with E-state index in [2.05, 4.69) is 420 Å². The van der Waals surface area contributed by atoms with E-state index < -0.39 is 0 Å². The van der Waals surface area contributed by atoms with Crippen LogP contribution < -0.4 is 0 Å². The van der Waals surface area contributed by atoms with Gasteiger partial charge in [-0.25, -0.2) is 0 Å². The molecular formula is C124H108Ir4N8S4-4. The molecule has 16 heteroatoms. The maximum absolute atomic E-state index is 5.12. The molecule has 708 valence electrons. The fourth-order valence-corrected chi connectivity index (χ4v) is 25.5. The smallest absolute Gasteiger partial charge is 0.0774 e. The molecule has 24 rings (SSSR count). The zero-order chi connectivity index (χ0) is 93.6. The van der Waals surface area contributed by atoms with Gasteiger partial charge in [0, 0.05) is 168 Å². The van der Waals surface area contributed by atoms with Crippen molar-refractivity contribution in [2.75, 3.05) is 0 Å². The third kappa shape index (κ3) is 18.1. The van der Waals surface area contributed by atoms with Crippen molar-refractivity contribution >= 4 is 170 Å². The number of aromatic nitrogens is 8. The first-order valence-corrected chi connectivity index (χ1v) is 51.2. The number of nitrogens with zero attached hydrogens (tertiary/aromatic N) is 8. The first kappa shape index (κ1) is 100. The van der Waals surface area contributed by atoms with Gasteiger partial charge in [0.05, 0.1) is 83.5 Å². The van der Waals surface area contributed by atoms with Crippen LogP contribution in [0.1, 0.15) is 203 Å².